The van der Waals surface area contributed by atoms with E-state index in [2.05, 4.69) is 108 Å². The molecule has 0 unspecified atom stereocenters. The Morgan fingerprint density at radius 2 is 1.59 bits per heavy atom. The van der Waals surface area contributed by atoms with Gasteiger partial charge in [-0.05, 0) is 70.7 Å². The van der Waals surface area contributed by atoms with Crippen LogP contribution in [0.15, 0.2) is 85.0 Å². The molecule has 0 N–H and O–H groups in total. The van der Waals surface area contributed by atoms with E-state index in [0.717, 1.165) is 55.2 Å². The van der Waals surface area contributed by atoms with Gasteiger partial charge in [0.2, 0.25) is 5.95 Å². The van der Waals surface area contributed by atoms with Crippen LogP contribution in [0.5, 0.6) is 0 Å². The van der Waals surface area contributed by atoms with Crippen molar-refractivity contribution in [2.45, 2.75) is 52.4 Å². The molecule has 41 heavy (non-hydrogen) atoms. The van der Waals surface area contributed by atoms with Gasteiger partial charge in [-0.3, -0.25) is 4.98 Å². The highest BCUT2D eigenvalue weighted by atomic mass is 15.3. The van der Waals surface area contributed by atoms with Crippen LogP contribution in [0.3, 0.4) is 0 Å². The zero-order valence-corrected chi connectivity index (χ0v) is 24.7. The molecule has 4 heterocycles. The summed E-state index contributed by atoms with van der Waals surface area (Å²) in [4.78, 5) is 21.4. The molecule has 1 saturated heterocycles. The van der Waals surface area contributed by atoms with Crippen LogP contribution in [0.1, 0.15) is 67.1 Å². The third-order valence-corrected chi connectivity index (χ3v) is 8.24. The minimum Gasteiger partial charge on any atom is -0.340 e. The number of hydrogen-bond acceptors (Lipinski definition) is 5. The molecule has 0 amide bonds. The number of pyridine rings is 1. The van der Waals surface area contributed by atoms with Crippen LogP contribution in [-0.4, -0.2) is 37.6 Å². The lowest BCUT2D eigenvalue weighted by atomic mass is 9.84. The van der Waals surface area contributed by atoms with Crippen LogP contribution >= 0.6 is 0 Å². The number of anilines is 1. The molecule has 6 nitrogen and oxygen atoms in total. The third kappa shape index (κ3) is 5.51. The molecule has 1 aliphatic heterocycles. The fraction of sp³-hybridized carbons (Fsp3) is 0.314. The van der Waals surface area contributed by atoms with Crippen LogP contribution in [0, 0.1) is 6.92 Å². The van der Waals surface area contributed by atoms with Gasteiger partial charge in [0.1, 0.15) is 5.52 Å². The highest BCUT2D eigenvalue weighted by Gasteiger charge is 2.23. The first-order valence-corrected chi connectivity index (χ1v) is 14.5. The molecule has 0 saturated carbocycles. The summed E-state index contributed by atoms with van der Waals surface area (Å²) in [6.45, 7) is 10.7. The topological polar surface area (TPSA) is 59.7 Å². The van der Waals surface area contributed by atoms with Gasteiger partial charge in [0.25, 0.3) is 0 Å². The Morgan fingerprint density at radius 1 is 0.878 bits per heavy atom. The summed E-state index contributed by atoms with van der Waals surface area (Å²) in [5, 5.41) is 0. The second-order valence-corrected chi connectivity index (χ2v) is 12.1. The van der Waals surface area contributed by atoms with Gasteiger partial charge >= 0.3 is 0 Å². The van der Waals surface area contributed by atoms with Crippen molar-refractivity contribution < 1.29 is 0 Å². The monoisotopic (exact) mass is 542 g/mol. The molecule has 0 aliphatic carbocycles. The highest BCUT2D eigenvalue weighted by Crippen LogP contribution is 2.34. The first-order valence-electron chi connectivity index (χ1n) is 14.5. The molecule has 2 aromatic carbocycles. The summed E-state index contributed by atoms with van der Waals surface area (Å²) in [6.07, 6.45) is 8.27. The molecular formula is C35H38N6. The number of imidazole rings is 1. The molecule has 5 aromatic rings. The summed E-state index contributed by atoms with van der Waals surface area (Å²) >= 11 is 0. The summed E-state index contributed by atoms with van der Waals surface area (Å²) in [5.74, 6) is 0.778. The van der Waals surface area contributed by atoms with E-state index in [0.29, 0.717) is 0 Å². The van der Waals surface area contributed by atoms with Gasteiger partial charge < -0.3 is 9.47 Å². The second kappa shape index (κ2) is 10.9. The predicted molar refractivity (Wildman–Crippen MR) is 167 cm³/mol. The normalized spacial score (nSPS) is 14.1. The number of aryl methyl sites for hydroxylation is 2. The smallest absolute Gasteiger partial charge is 0.227 e. The molecule has 208 valence electrons. The molecule has 0 radical (unpaired) electrons. The Kier molecular flexibility index (Phi) is 7.16. The van der Waals surface area contributed by atoms with Crippen molar-refractivity contribution in [3.8, 4) is 0 Å². The zero-order chi connectivity index (χ0) is 28.6. The summed E-state index contributed by atoms with van der Waals surface area (Å²) < 4.78 is 2.05. The van der Waals surface area contributed by atoms with E-state index in [9.17, 15) is 0 Å². The third-order valence-electron chi connectivity index (χ3n) is 8.24. The summed E-state index contributed by atoms with van der Waals surface area (Å²) in [6, 6.07) is 21.8. The van der Waals surface area contributed by atoms with Gasteiger partial charge in [0.05, 0.1) is 12.0 Å². The second-order valence-electron chi connectivity index (χ2n) is 12.1. The van der Waals surface area contributed by atoms with Gasteiger partial charge in [0.15, 0.2) is 5.65 Å². The van der Waals surface area contributed by atoms with E-state index >= 15 is 0 Å². The maximum absolute atomic E-state index is 5.20. The first kappa shape index (κ1) is 26.9. The van der Waals surface area contributed by atoms with Gasteiger partial charge in [-0.2, -0.15) is 4.98 Å². The largest absolute Gasteiger partial charge is 0.340 e. The lowest BCUT2D eigenvalue weighted by molar-refractivity contribution is 0.589. The Bertz CT molecular complexity index is 1660. The molecule has 3 aromatic heterocycles. The first-order chi connectivity index (χ1) is 19.8. The number of aromatic nitrogens is 5. The van der Waals surface area contributed by atoms with Crippen molar-refractivity contribution in [3.05, 3.63) is 118 Å². The standard InChI is InChI=1S/C35H38N6/c1-24-11-12-29(35(2,3)4)21-28(24)22-30-32-33(37-23-40(32)5)39-34(38-30)41-19-15-27(16-20-41)31(25-9-7-6-8-10-25)26-13-17-36-18-14-26/h6-14,17-18,21,23H,15-16,19-20,22H2,1-5H3. The highest BCUT2D eigenvalue weighted by molar-refractivity contribution is 5.82. The van der Waals surface area contributed by atoms with Gasteiger partial charge in [-0.15, -0.1) is 0 Å². The van der Waals surface area contributed by atoms with Crippen molar-refractivity contribution in [2.75, 3.05) is 18.0 Å². The lowest BCUT2D eigenvalue weighted by Crippen LogP contribution is -2.32. The van der Waals surface area contributed by atoms with Crippen molar-refractivity contribution in [3.63, 3.8) is 0 Å². The Hall–Kier alpha value is -4.32. The molecule has 0 spiro atoms. The van der Waals surface area contributed by atoms with Crippen LogP contribution in [-0.2, 0) is 18.9 Å². The van der Waals surface area contributed by atoms with Crippen molar-refractivity contribution in [1.82, 2.24) is 24.5 Å². The van der Waals surface area contributed by atoms with E-state index in [1.165, 1.54) is 39.0 Å². The fourth-order valence-electron chi connectivity index (χ4n) is 5.82. The zero-order valence-electron chi connectivity index (χ0n) is 24.7. The Morgan fingerprint density at radius 3 is 2.29 bits per heavy atom. The molecule has 1 aliphatic rings. The van der Waals surface area contributed by atoms with E-state index in [-0.39, 0.29) is 5.41 Å². The van der Waals surface area contributed by atoms with Gasteiger partial charge in [0, 0.05) is 39.0 Å². The maximum Gasteiger partial charge on any atom is 0.227 e. The average molecular weight is 543 g/mol. The molecule has 6 rings (SSSR count). The number of rotatable bonds is 5. The maximum atomic E-state index is 5.20. The predicted octanol–water partition coefficient (Wildman–Crippen LogP) is 7.06. The van der Waals surface area contributed by atoms with Crippen LogP contribution in [0.25, 0.3) is 16.7 Å². The SMILES string of the molecule is Cc1ccc(C(C)(C)C)cc1Cc1nc(N2CCC(=C(c3ccccc3)c3ccncc3)CC2)nc2ncn(C)c12. The quantitative estimate of drug-likeness (QED) is 0.238. The van der Waals surface area contributed by atoms with E-state index < -0.39 is 0 Å². The molecule has 0 bridgehead atoms. The van der Waals surface area contributed by atoms with E-state index in [1.54, 1.807) is 0 Å². The van der Waals surface area contributed by atoms with Crippen LogP contribution in [0.4, 0.5) is 5.95 Å². The molecule has 6 heteroatoms. The molecule has 1 fully saturated rings. The van der Waals surface area contributed by atoms with Gasteiger partial charge in [-0.25, -0.2) is 9.97 Å². The van der Waals surface area contributed by atoms with E-state index in [1.807, 2.05) is 25.8 Å². The average Bonchev–Trinajstić information content (AvgIpc) is 3.36. The number of fused-ring (bicyclic) bond motifs is 1. The Labute approximate surface area is 242 Å². The summed E-state index contributed by atoms with van der Waals surface area (Å²) in [5.41, 5.74) is 12.1. The molecular weight excluding hydrogens is 504 g/mol. The number of nitrogens with zero attached hydrogens (tertiary/aromatic N) is 6. The Balaban J connectivity index is 1.33. The molecule has 0 atom stereocenters. The number of benzene rings is 2. The minimum absolute atomic E-state index is 0.0923. The van der Waals surface area contributed by atoms with Crippen LogP contribution in [0.2, 0.25) is 0 Å². The van der Waals surface area contributed by atoms with Gasteiger partial charge in [-0.1, -0.05) is 74.9 Å². The number of piperidine rings is 1. The van der Waals surface area contributed by atoms with Crippen molar-refractivity contribution in [2.24, 2.45) is 7.05 Å². The van der Waals surface area contributed by atoms with Crippen LogP contribution < -0.4 is 4.90 Å². The minimum atomic E-state index is 0.0923. The van der Waals surface area contributed by atoms with E-state index in [4.69, 9.17) is 9.97 Å². The fourth-order valence-corrected chi connectivity index (χ4v) is 5.82. The summed E-state index contributed by atoms with van der Waals surface area (Å²) in [7, 11) is 2.03. The lowest BCUT2D eigenvalue weighted by Gasteiger charge is -2.30. The number of hydrogen-bond donors (Lipinski definition) is 0. The van der Waals surface area contributed by atoms with Crippen molar-refractivity contribution >= 4 is 22.7 Å². The van der Waals surface area contributed by atoms with Crippen molar-refractivity contribution in [1.29, 1.82) is 0 Å².